The Morgan fingerprint density at radius 1 is 1.53 bits per heavy atom. The van der Waals surface area contributed by atoms with Crippen LogP contribution in [0.5, 0.6) is 0 Å². The lowest BCUT2D eigenvalue weighted by Crippen LogP contribution is -2.53. The molecule has 2 N–H and O–H groups in total. The van der Waals surface area contributed by atoms with Crippen molar-refractivity contribution < 1.29 is 9.53 Å². The molecule has 1 saturated heterocycles. The number of piperidine rings is 1. The van der Waals surface area contributed by atoms with Crippen LogP contribution in [0.2, 0.25) is 0 Å². The third-order valence-electron chi connectivity index (χ3n) is 3.35. The van der Waals surface area contributed by atoms with E-state index in [0.717, 1.165) is 13.0 Å². The Bertz CT molecular complexity index is 248. The minimum Gasteiger partial charge on any atom is -0.468 e. The van der Waals surface area contributed by atoms with Crippen molar-refractivity contribution in [2.45, 2.75) is 64.1 Å². The monoisotopic (exact) mass is 242 g/mol. The average Bonchev–Trinajstić information content (AvgIpc) is 2.28. The Morgan fingerprint density at radius 2 is 2.24 bits per heavy atom. The van der Waals surface area contributed by atoms with Gasteiger partial charge in [0.15, 0.2) is 0 Å². The molecule has 4 nitrogen and oxygen atoms in total. The van der Waals surface area contributed by atoms with Gasteiger partial charge in [-0.3, -0.25) is 10.1 Å². The van der Waals surface area contributed by atoms with E-state index in [-0.39, 0.29) is 5.97 Å². The number of ether oxygens (including phenoxy) is 1. The molecule has 0 spiro atoms. The zero-order chi connectivity index (χ0) is 12.9. The van der Waals surface area contributed by atoms with Gasteiger partial charge in [0.2, 0.25) is 0 Å². The summed E-state index contributed by atoms with van der Waals surface area (Å²) in [5, 5.41) is 6.86. The van der Waals surface area contributed by atoms with Gasteiger partial charge in [0.25, 0.3) is 0 Å². The molecule has 0 aromatic heterocycles. The van der Waals surface area contributed by atoms with Crippen LogP contribution >= 0.6 is 0 Å². The third-order valence-corrected chi connectivity index (χ3v) is 3.35. The number of esters is 1. The highest BCUT2D eigenvalue weighted by atomic mass is 16.5. The molecular formula is C13H26N2O2. The lowest BCUT2D eigenvalue weighted by Gasteiger charge is -2.31. The molecular weight excluding hydrogens is 216 g/mol. The Labute approximate surface area is 104 Å². The van der Waals surface area contributed by atoms with E-state index in [1.54, 1.807) is 0 Å². The first-order valence-corrected chi connectivity index (χ1v) is 6.55. The van der Waals surface area contributed by atoms with Gasteiger partial charge in [-0.25, -0.2) is 0 Å². The highest BCUT2D eigenvalue weighted by Gasteiger charge is 2.30. The summed E-state index contributed by atoms with van der Waals surface area (Å²) < 4.78 is 4.79. The van der Waals surface area contributed by atoms with Crippen LogP contribution in [-0.2, 0) is 9.53 Å². The largest absolute Gasteiger partial charge is 0.468 e. The molecule has 2 unspecified atom stereocenters. The number of hydrogen-bond acceptors (Lipinski definition) is 4. The predicted molar refractivity (Wildman–Crippen MR) is 69.0 cm³/mol. The molecule has 0 bridgehead atoms. The second kappa shape index (κ2) is 6.36. The van der Waals surface area contributed by atoms with Crippen molar-refractivity contribution in [1.82, 2.24) is 10.6 Å². The van der Waals surface area contributed by atoms with Gasteiger partial charge in [0, 0.05) is 12.1 Å². The van der Waals surface area contributed by atoms with Crippen LogP contribution in [0.1, 0.15) is 46.5 Å². The Morgan fingerprint density at radius 3 is 2.76 bits per heavy atom. The number of nitrogens with one attached hydrogen (secondary N) is 2. The lowest BCUT2D eigenvalue weighted by atomic mass is 9.96. The fourth-order valence-corrected chi connectivity index (χ4v) is 2.54. The van der Waals surface area contributed by atoms with Gasteiger partial charge >= 0.3 is 5.97 Å². The summed E-state index contributed by atoms with van der Waals surface area (Å²) in [7, 11) is 1.43. The van der Waals surface area contributed by atoms with Crippen LogP contribution in [0, 0.1) is 0 Å². The highest BCUT2D eigenvalue weighted by Crippen LogP contribution is 2.14. The van der Waals surface area contributed by atoms with E-state index in [9.17, 15) is 4.79 Å². The smallest absolute Gasteiger partial charge is 0.325 e. The van der Waals surface area contributed by atoms with Crippen molar-refractivity contribution in [3.05, 3.63) is 0 Å². The number of carbonyl (C=O) groups excluding carboxylic acids is 1. The van der Waals surface area contributed by atoms with Crippen molar-refractivity contribution >= 4 is 5.97 Å². The zero-order valence-corrected chi connectivity index (χ0v) is 11.5. The summed E-state index contributed by atoms with van der Waals surface area (Å²) in [5.41, 5.74) is -0.608. The van der Waals surface area contributed by atoms with Crippen molar-refractivity contribution in [2.75, 3.05) is 13.7 Å². The maximum absolute atomic E-state index is 11.6. The van der Waals surface area contributed by atoms with Crippen LogP contribution < -0.4 is 10.6 Å². The van der Waals surface area contributed by atoms with Crippen molar-refractivity contribution in [1.29, 1.82) is 0 Å². The fourth-order valence-electron chi connectivity index (χ4n) is 2.54. The molecule has 1 heterocycles. The molecule has 17 heavy (non-hydrogen) atoms. The lowest BCUT2D eigenvalue weighted by molar-refractivity contribution is -0.147. The van der Waals surface area contributed by atoms with Gasteiger partial charge < -0.3 is 10.1 Å². The molecule has 1 aliphatic heterocycles. The molecule has 1 fully saturated rings. The average molecular weight is 242 g/mol. The summed E-state index contributed by atoms with van der Waals surface area (Å²) >= 11 is 0. The first-order valence-electron chi connectivity index (χ1n) is 6.55. The van der Waals surface area contributed by atoms with E-state index in [1.165, 1.54) is 26.4 Å². The molecule has 0 saturated carbocycles. The number of rotatable bonds is 5. The van der Waals surface area contributed by atoms with E-state index in [0.29, 0.717) is 12.1 Å². The molecule has 0 amide bonds. The van der Waals surface area contributed by atoms with Gasteiger partial charge in [-0.1, -0.05) is 6.42 Å². The number of carbonyl (C=O) groups is 1. The van der Waals surface area contributed by atoms with E-state index >= 15 is 0 Å². The molecule has 4 heteroatoms. The zero-order valence-electron chi connectivity index (χ0n) is 11.5. The molecule has 0 aromatic carbocycles. The normalized spacial score (nSPS) is 23.2. The Balaban J connectivity index is 2.37. The molecule has 0 radical (unpaired) electrons. The van der Waals surface area contributed by atoms with Crippen molar-refractivity contribution in [3.63, 3.8) is 0 Å². The van der Waals surface area contributed by atoms with Crippen LogP contribution in [0.25, 0.3) is 0 Å². The van der Waals surface area contributed by atoms with E-state index < -0.39 is 5.54 Å². The topological polar surface area (TPSA) is 50.4 Å². The minimum atomic E-state index is -0.608. The first kappa shape index (κ1) is 14.5. The van der Waals surface area contributed by atoms with Gasteiger partial charge in [0.1, 0.15) is 5.54 Å². The van der Waals surface area contributed by atoms with Gasteiger partial charge in [0.05, 0.1) is 7.11 Å². The van der Waals surface area contributed by atoms with Gasteiger partial charge in [-0.15, -0.1) is 0 Å². The molecule has 1 aliphatic rings. The van der Waals surface area contributed by atoms with Crippen LogP contribution in [-0.4, -0.2) is 37.2 Å². The third kappa shape index (κ3) is 4.64. The summed E-state index contributed by atoms with van der Waals surface area (Å²) in [6.07, 6.45) is 4.89. The maximum Gasteiger partial charge on any atom is 0.325 e. The molecule has 0 aromatic rings. The summed E-state index contributed by atoms with van der Waals surface area (Å²) in [5.74, 6) is -0.207. The first-order chi connectivity index (χ1) is 7.95. The number of hydrogen-bond donors (Lipinski definition) is 2. The fraction of sp³-hybridized carbons (Fsp3) is 0.923. The van der Waals surface area contributed by atoms with Gasteiger partial charge in [-0.2, -0.15) is 0 Å². The van der Waals surface area contributed by atoms with Crippen molar-refractivity contribution in [2.24, 2.45) is 0 Å². The highest BCUT2D eigenvalue weighted by molar-refractivity contribution is 5.79. The number of methoxy groups -OCH3 is 1. The van der Waals surface area contributed by atoms with E-state index in [2.05, 4.69) is 17.6 Å². The maximum atomic E-state index is 11.6. The molecule has 100 valence electrons. The van der Waals surface area contributed by atoms with E-state index in [4.69, 9.17) is 4.74 Å². The Kier molecular flexibility index (Phi) is 5.40. The summed E-state index contributed by atoms with van der Waals surface area (Å²) in [6.45, 7) is 6.98. The van der Waals surface area contributed by atoms with Crippen LogP contribution in [0.15, 0.2) is 0 Å². The molecule has 2 atom stereocenters. The SMILES string of the molecule is COC(=O)C(C)(C)NC(C)CC1CCCCN1. The Hall–Kier alpha value is -0.610. The quantitative estimate of drug-likeness (QED) is 0.716. The van der Waals surface area contributed by atoms with Crippen LogP contribution in [0.4, 0.5) is 0 Å². The molecule has 1 rings (SSSR count). The van der Waals surface area contributed by atoms with Crippen molar-refractivity contribution in [3.8, 4) is 0 Å². The standard InChI is InChI=1S/C13H26N2O2/c1-10(9-11-7-5-6-8-14-11)15-13(2,3)12(16)17-4/h10-11,14-15H,5-9H2,1-4H3. The summed E-state index contributed by atoms with van der Waals surface area (Å²) in [6, 6.07) is 0.888. The minimum absolute atomic E-state index is 0.207. The summed E-state index contributed by atoms with van der Waals surface area (Å²) in [4.78, 5) is 11.6. The van der Waals surface area contributed by atoms with Gasteiger partial charge in [-0.05, 0) is 46.6 Å². The van der Waals surface area contributed by atoms with Crippen LogP contribution in [0.3, 0.4) is 0 Å². The van der Waals surface area contributed by atoms with E-state index in [1.807, 2.05) is 13.8 Å². The predicted octanol–water partition coefficient (Wildman–Crippen LogP) is 1.45. The second-order valence-corrected chi connectivity index (χ2v) is 5.54. The second-order valence-electron chi connectivity index (χ2n) is 5.54. The molecule has 0 aliphatic carbocycles.